The van der Waals surface area contributed by atoms with E-state index in [0.717, 1.165) is 4.70 Å². The molecule has 3 rings (SSSR count). The monoisotopic (exact) mass is 256 g/mol. The van der Waals surface area contributed by atoms with Crippen LogP contribution in [-0.4, -0.2) is 9.97 Å². The fraction of sp³-hybridized carbons (Fsp3) is 0. The Balaban J connectivity index is 2.06. The fourth-order valence-electron chi connectivity index (χ4n) is 1.53. The van der Waals surface area contributed by atoms with Crippen LogP contribution in [0.5, 0.6) is 11.1 Å². The van der Waals surface area contributed by atoms with E-state index < -0.39 is 0 Å². The second-order valence-electron chi connectivity index (χ2n) is 3.55. The normalized spacial score (nSPS) is 10.4. The fourth-order valence-corrected chi connectivity index (χ4v) is 2.39. The third-order valence-corrected chi connectivity index (χ3v) is 3.26. The summed E-state index contributed by atoms with van der Waals surface area (Å²) < 4.78 is 6.31. The molecule has 0 aliphatic rings. The van der Waals surface area contributed by atoms with Gasteiger partial charge in [0.1, 0.15) is 0 Å². The zero-order chi connectivity index (χ0) is 12.4. The molecule has 0 amide bonds. The maximum atomic E-state index is 11.8. The zero-order valence-electron chi connectivity index (χ0n) is 9.24. The number of hydrogen-bond acceptors (Lipinski definition) is 5. The summed E-state index contributed by atoms with van der Waals surface area (Å²) in [6, 6.07) is 12.6. The highest BCUT2D eigenvalue weighted by Gasteiger charge is 2.06. The zero-order valence-corrected chi connectivity index (χ0v) is 10.1. The van der Waals surface area contributed by atoms with Gasteiger partial charge in [-0.25, -0.2) is 4.98 Å². The van der Waals surface area contributed by atoms with Gasteiger partial charge < -0.3 is 4.74 Å². The molecule has 0 aliphatic carbocycles. The molecule has 0 unspecified atom stereocenters. The van der Waals surface area contributed by atoms with Gasteiger partial charge in [-0.3, -0.25) is 4.79 Å². The van der Waals surface area contributed by atoms with Crippen LogP contribution in [0.2, 0.25) is 0 Å². The molecule has 0 spiro atoms. The molecule has 0 fully saturated rings. The lowest BCUT2D eigenvalue weighted by atomic mass is 10.3. The molecule has 4 nitrogen and oxygen atoms in total. The van der Waals surface area contributed by atoms with Gasteiger partial charge >= 0.3 is 0 Å². The lowest BCUT2D eigenvalue weighted by Crippen LogP contribution is -2.05. The molecule has 0 aliphatic heterocycles. The molecule has 1 aromatic carbocycles. The standard InChI is InChI=1S/C13H8N2O2S/c16-12-9-5-1-2-6-10(9)18-13(15-12)17-11-7-3-4-8-14-11/h1-8H. The number of pyridine rings is 1. The van der Waals surface area contributed by atoms with Crippen molar-refractivity contribution in [3.63, 3.8) is 0 Å². The maximum absolute atomic E-state index is 11.8. The summed E-state index contributed by atoms with van der Waals surface area (Å²) in [5.74, 6) is 0.427. The van der Waals surface area contributed by atoms with Crippen molar-refractivity contribution >= 4 is 21.4 Å². The summed E-state index contributed by atoms with van der Waals surface area (Å²) in [7, 11) is 0. The van der Waals surface area contributed by atoms with E-state index in [4.69, 9.17) is 4.74 Å². The molecule has 0 saturated carbocycles. The summed E-state index contributed by atoms with van der Waals surface area (Å²) in [5.41, 5.74) is -0.282. The van der Waals surface area contributed by atoms with Crippen LogP contribution in [0.4, 0.5) is 0 Å². The minimum absolute atomic E-state index is 0.282. The molecule has 0 atom stereocenters. The van der Waals surface area contributed by atoms with Crippen molar-refractivity contribution in [2.45, 2.75) is 0 Å². The lowest BCUT2D eigenvalue weighted by molar-refractivity contribution is 0.457. The van der Waals surface area contributed by atoms with Crippen LogP contribution < -0.4 is 10.3 Å². The van der Waals surface area contributed by atoms with Gasteiger partial charge in [-0.1, -0.05) is 29.5 Å². The quantitative estimate of drug-likeness (QED) is 0.707. The molecular weight excluding hydrogens is 248 g/mol. The second kappa shape index (κ2) is 4.54. The Morgan fingerprint density at radius 1 is 1.06 bits per heavy atom. The Kier molecular flexibility index (Phi) is 2.74. The van der Waals surface area contributed by atoms with Gasteiger partial charge in [0.05, 0.1) is 5.39 Å². The minimum Gasteiger partial charge on any atom is -0.412 e. The SMILES string of the molecule is O=c1nc(Oc2ccccn2)sc2ccccc12. The first kappa shape index (κ1) is 10.9. The number of hydrogen-bond donors (Lipinski definition) is 0. The van der Waals surface area contributed by atoms with E-state index in [1.165, 1.54) is 11.3 Å². The molecule has 0 bridgehead atoms. The Hall–Kier alpha value is -2.27. The van der Waals surface area contributed by atoms with E-state index in [-0.39, 0.29) is 5.56 Å². The topological polar surface area (TPSA) is 52.1 Å². The second-order valence-corrected chi connectivity index (χ2v) is 4.54. The number of aromatic nitrogens is 2. The highest BCUT2D eigenvalue weighted by Crippen LogP contribution is 2.25. The first-order valence-corrected chi connectivity index (χ1v) is 6.13. The van der Waals surface area contributed by atoms with Crippen LogP contribution in [0, 0.1) is 0 Å². The molecule has 3 aromatic rings. The molecule has 2 aromatic heterocycles. The predicted octanol–water partition coefficient (Wildman–Crippen LogP) is 2.84. The van der Waals surface area contributed by atoms with Gasteiger partial charge in [0.2, 0.25) is 5.88 Å². The summed E-state index contributed by atoms with van der Waals surface area (Å²) >= 11 is 1.32. The third kappa shape index (κ3) is 2.08. The summed E-state index contributed by atoms with van der Waals surface area (Å²) in [4.78, 5) is 19.7. The van der Waals surface area contributed by atoms with Gasteiger partial charge in [0.25, 0.3) is 10.8 Å². The van der Waals surface area contributed by atoms with Crippen LogP contribution in [0.1, 0.15) is 0 Å². The highest BCUT2D eigenvalue weighted by molar-refractivity contribution is 7.19. The van der Waals surface area contributed by atoms with Crippen molar-refractivity contribution in [3.05, 3.63) is 59.0 Å². The van der Waals surface area contributed by atoms with Crippen molar-refractivity contribution < 1.29 is 4.74 Å². The third-order valence-electron chi connectivity index (χ3n) is 2.34. The number of ether oxygens (including phenoxy) is 1. The van der Waals surface area contributed by atoms with Crippen LogP contribution in [-0.2, 0) is 0 Å². The van der Waals surface area contributed by atoms with Crippen LogP contribution in [0.3, 0.4) is 0 Å². The maximum Gasteiger partial charge on any atom is 0.284 e. The van der Waals surface area contributed by atoms with Crippen molar-refractivity contribution in [1.29, 1.82) is 0 Å². The summed E-state index contributed by atoms with van der Waals surface area (Å²) in [6.45, 7) is 0. The molecule has 0 radical (unpaired) electrons. The Labute approximate surface area is 107 Å². The first-order valence-electron chi connectivity index (χ1n) is 5.32. The number of benzene rings is 1. The van der Waals surface area contributed by atoms with E-state index in [2.05, 4.69) is 9.97 Å². The molecule has 5 heteroatoms. The molecule has 0 N–H and O–H groups in total. The summed E-state index contributed by atoms with van der Waals surface area (Å²) in [5, 5.41) is 0.910. The lowest BCUT2D eigenvalue weighted by Gasteiger charge is -2.02. The van der Waals surface area contributed by atoms with Crippen molar-refractivity contribution in [2.75, 3.05) is 0 Å². The highest BCUT2D eigenvalue weighted by atomic mass is 32.1. The first-order chi connectivity index (χ1) is 8.83. The number of fused-ring (bicyclic) bond motifs is 1. The number of rotatable bonds is 2. The van der Waals surface area contributed by atoms with Gasteiger partial charge in [-0.2, -0.15) is 4.98 Å². The Morgan fingerprint density at radius 3 is 2.72 bits per heavy atom. The average molecular weight is 256 g/mol. The molecular formula is C13H8N2O2S. The largest absolute Gasteiger partial charge is 0.412 e. The van der Waals surface area contributed by atoms with E-state index in [9.17, 15) is 4.79 Å². The van der Waals surface area contributed by atoms with Crippen molar-refractivity contribution in [1.82, 2.24) is 9.97 Å². The molecule has 88 valence electrons. The van der Waals surface area contributed by atoms with Gasteiger partial charge in [-0.05, 0) is 18.2 Å². The smallest absolute Gasteiger partial charge is 0.284 e. The van der Waals surface area contributed by atoms with E-state index in [1.54, 1.807) is 24.4 Å². The molecule has 2 heterocycles. The van der Waals surface area contributed by atoms with Crippen molar-refractivity contribution in [3.8, 4) is 11.1 Å². The van der Waals surface area contributed by atoms with E-state index >= 15 is 0 Å². The van der Waals surface area contributed by atoms with Crippen LogP contribution in [0.15, 0.2) is 53.5 Å². The van der Waals surface area contributed by atoms with Gasteiger partial charge in [-0.15, -0.1) is 0 Å². The Morgan fingerprint density at radius 2 is 1.89 bits per heavy atom. The van der Waals surface area contributed by atoms with Gasteiger partial charge in [0, 0.05) is 17.0 Å². The van der Waals surface area contributed by atoms with E-state index in [0.29, 0.717) is 16.5 Å². The van der Waals surface area contributed by atoms with Gasteiger partial charge in [0.15, 0.2) is 0 Å². The minimum atomic E-state index is -0.282. The molecule has 18 heavy (non-hydrogen) atoms. The predicted molar refractivity (Wildman–Crippen MR) is 70.2 cm³/mol. The average Bonchev–Trinajstić information content (AvgIpc) is 2.40. The van der Waals surface area contributed by atoms with Crippen LogP contribution >= 0.6 is 11.3 Å². The Bertz CT molecular complexity index is 741. The molecule has 0 saturated heterocycles. The summed E-state index contributed by atoms with van der Waals surface area (Å²) in [6.07, 6.45) is 1.62. The van der Waals surface area contributed by atoms with Crippen LogP contribution in [0.25, 0.3) is 10.1 Å². The van der Waals surface area contributed by atoms with Crippen molar-refractivity contribution in [2.24, 2.45) is 0 Å². The van der Waals surface area contributed by atoms with E-state index in [1.807, 2.05) is 24.3 Å². The number of nitrogens with zero attached hydrogens (tertiary/aromatic N) is 2.